The number of hydrogen-bond acceptors (Lipinski definition) is 7. The SMILES string of the molecule is CCNC(=O)C(C#N)=Cc1cn(-c2ccccc2)nc1-c1cccc(S(=O)(=O)N2CCC(C(=O)OCC)CC2)c1. The van der Waals surface area contributed by atoms with Crippen molar-refractivity contribution in [2.75, 3.05) is 26.2 Å². The minimum Gasteiger partial charge on any atom is -0.466 e. The number of sulfonamides is 1. The van der Waals surface area contributed by atoms with Crippen LogP contribution < -0.4 is 5.32 Å². The summed E-state index contributed by atoms with van der Waals surface area (Å²) in [5, 5.41) is 17.0. The maximum absolute atomic E-state index is 13.5. The van der Waals surface area contributed by atoms with Gasteiger partial charge in [0.25, 0.3) is 5.91 Å². The van der Waals surface area contributed by atoms with E-state index in [2.05, 4.69) is 5.32 Å². The van der Waals surface area contributed by atoms with Gasteiger partial charge in [-0.25, -0.2) is 13.1 Å². The molecule has 0 saturated carbocycles. The van der Waals surface area contributed by atoms with Gasteiger partial charge in [-0.15, -0.1) is 0 Å². The Labute approximate surface area is 233 Å². The van der Waals surface area contributed by atoms with Crippen LogP contribution in [0.15, 0.2) is 71.3 Å². The number of amides is 1. The van der Waals surface area contributed by atoms with Gasteiger partial charge >= 0.3 is 5.97 Å². The predicted octanol–water partition coefficient (Wildman–Crippen LogP) is 3.55. The summed E-state index contributed by atoms with van der Waals surface area (Å²) in [4.78, 5) is 24.6. The Bertz CT molecular complexity index is 1550. The second-order valence-corrected chi connectivity index (χ2v) is 11.1. The van der Waals surface area contributed by atoms with Gasteiger partial charge in [0, 0.05) is 37.0 Å². The van der Waals surface area contributed by atoms with E-state index in [-0.39, 0.29) is 35.4 Å². The number of carbonyl (C=O) groups is 2. The summed E-state index contributed by atoms with van der Waals surface area (Å²) in [6.07, 6.45) is 3.94. The topological polar surface area (TPSA) is 134 Å². The standard InChI is InChI=1S/C29H31N5O5S/c1-3-31-28(35)23(19-30)17-24-20-34(25-10-6-5-7-11-25)32-27(24)22-9-8-12-26(18-22)40(37,38)33-15-13-21(14-16-33)29(36)39-4-2/h5-12,17-18,20-21H,3-4,13-16H2,1-2H3,(H,31,35). The number of aromatic nitrogens is 2. The molecule has 2 heterocycles. The van der Waals surface area contributed by atoms with Gasteiger partial charge in [-0.2, -0.15) is 14.7 Å². The number of hydrogen-bond donors (Lipinski definition) is 1. The van der Waals surface area contributed by atoms with Crippen LogP contribution in [0.4, 0.5) is 0 Å². The highest BCUT2D eigenvalue weighted by molar-refractivity contribution is 7.89. The molecule has 10 nitrogen and oxygen atoms in total. The number of benzene rings is 2. The van der Waals surface area contributed by atoms with Crippen molar-refractivity contribution in [3.8, 4) is 23.0 Å². The second-order valence-electron chi connectivity index (χ2n) is 9.20. The molecule has 208 valence electrons. The van der Waals surface area contributed by atoms with E-state index < -0.39 is 15.9 Å². The third-order valence-electron chi connectivity index (χ3n) is 6.58. The van der Waals surface area contributed by atoms with E-state index in [1.807, 2.05) is 36.4 Å². The first-order valence-electron chi connectivity index (χ1n) is 13.1. The highest BCUT2D eigenvalue weighted by atomic mass is 32.2. The van der Waals surface area contributed by atoms with Crippen LogP contribution in [-0.4, -0.2) is 60.6 Å². The summed E-state index contributed by atoms with van der Waals surface area (Å²) in [6.45, 7) is 4.59. The van der Waals surface area contributed by atoms with Crippen molar-refractivity contribution in [2.24, 2.45) is 5.92 Å². The molecule has 0 unspecified atom stereocenters. The van der Waals surface area contributed by atoms with Gasteiger partial charge < -0.3 is 10.1 Å². The zero-order valence-corrected chi connectivity index (χ0v) is 23.2. The molecule has 4 rings (SSSR count). The minimum atomic E-state index is -3.85. The number of esters is 1. The van der Waals surface area contributed by atoms with Crippen LogP contribution in [0.2, 0.25) is 0 Å². The summed E-state index contributed by atoms with van der Waals surface area (Å²) >= 11 is 0. The first-order chi connectivity index (χ1) is 19.3. The van der Waals surface area contributed by atoms with Crippen molar-refractivity contribution in [3.63, 3.8) is 0 Å². The number of para-hydroxylation sites is 1. The lowest BCUT2D eigenvalue weighted by Crippen LogP contribution is -2.40. The maximum atomic E-state index is 13.5. The van der Waals surface area contributed by atoms with Crippen molar-refractivity contribution in [1.82, 2.24) is 19.4 Å². The minimum absolute atomic E-state index is 0.0907. The first kappa shape index (κ1) is 28.7. The highest BCUT2D eigenvalue weighted by Crippen LogP contribution is 2.30. The van der Waals surface area contributed by atoms with E-state index in [0.717, 1.165) is 5.69 Å². The van der Waals surface area contributed by atoms with E-state index >= 15 is 0 Å². The Hall–Kier alpha value is -4.27. The van der Waals surface area contributed by atoms with Gasteiger partial charge in [0.1, 0.15) is 17.3 Å². The van der Waals surface area contributed by atoms with Crippen molar-refractivity contribution in [1.29, 1.82) is 5.26 Å². The summed E-state index contributed by atoms with van der Waals surface area (Å²) in [5.74, 6) is -1.11. The maximum Gasteiger partial charge on any atom is 0.309 e. The Morgan fingerprint density at radius 2 is 1.85 bits per heavy atom. The largest absolute Gasteiger partial charge is 0.466 e. The average molecular weight is 562 g/mol. The lowest BCUT2D eigenvalue weighted by atomic mass is 9.98. The molecule has 3 aromatic rings. The number of nitriles is 1. The van der Waals surface area contributed by atoms with Crippen LogP contribution in [0.25, 0.3) is 23.0 Å². The van der Waals surface area contributed by atoms with Crippen molar-refractivity contribution in [2.45, 2.75) is 31.6 Å². The molecule has 1 saturated heterocycles. The molecule has 1 N–H and O–H groups in total. The number of nitrogens with one attached hydrogen (secondary N) is 1. The number of ether oxygens (including phenoxy) is 1. The van der Waals surface area contributed by atoms with Gasteiger partial charge in [0.15, 0.2) is 0 Å². The number of nitrogens with zero attached hydrogens (tertiary/aromatic N) is 4. The van der Waals surface area contributed by atoms with E-state index in [9.17, 15) is 23.3 Å². The van der Waals surface area contributed by atoms with E-state index in [1.165, 1.54) is 16.4 Å². The van der Waals surface area contributed by atoms with E-state index in [4.69, 9.17) is 9.84 Å². The fourth-order valence-corrected chi connectivity index (χ4v) is 6.05. The molecule has 0 spiro atoms. The van der Waals surface area contributed by atoms with Gasteiger partial charge in [0.2, 0.25) is 10.0 Å². The second kappa shape index (κ2) is 12.7. The summed E-state index contributed by atoms with van der Waals surface area (Å²) in [7, 11) is -3.85. The Kier molecular flexibility index (Phi) is 9.14. The van der Waals surface area contributed by atoms with Gasteiger partial charge in [0.05, 0.1) is 23.1 Å². The number of piperidine rings is 1. The quantitative estimate of drug-likeness (QED) is 0.240. The van der Waals surface area contributed by atoms with Crippen molar-refractivity contribution < 1.29 is 22.7 Å². The van der Waals surface area contributed by atoms with Crippen LogP contribution in [0, 0.1) is 17.2 Å². The number of carbonyl (C=O) groups excluding carboxylic acids is 2. The molecule has 0 bridgehead atoms. The number of rotatable bonds is 9. The molecular weight excluding hydrogens is 530 g/mol. The Morgan fingerprint density at radius 1 is 1.12 bits per heavy atom. The van der Waals surface area contributed by atoms with Gasteiger partial charge in [-0.1, -0.05) is 30.3 Å². The normalized spacial score (nSPS) is 14.9. The smallest absolute Gasteiger partial charge is 0.309 e. The highest BCUT2D eigenvalue weighted by Gasteiger charge is 2.33. The van der Waals surface area contributed by atoms with Crippen LogP contribution >= 0.6 is 0 Å². The molecule has 0 radical (unpaired) electrons. The molecule has 1 aliphatic rings. The summed E-state index contributed by atoms with van der Waals surface area (Å²) in [5.41, 5.74) is 2.07. The zero-order valence-electron chi connectivity index (χ0n) is 22.4. The van der Waals surface area contributed by atoms with E-state index in [0.29, 0.717) is 42.8 Å². The summed E-state index contributed by atoms with van der Waals surface area (Å²) < 4.78 is 35.2. The fraction of sp³-hybridized carbons (Fsp3) is 0.310. The van der Waals surface area contributed by atoms with Crippen molar-refractivity contribution >= 4 is 28.0 Å². The third-order valence-corrected chi connectivity index (χ3v) is 8.48. The molecule has 1 aliphatic heterocycles. The van der Waals surface area contributed by atoms with Crippen LogP contribution in [-0.2, 0) is 24.3 Å². The molecule has 40 heavy (non-hydrogen) atoms. The first-order valence-corrected chi connectivity index (χ1v) is 14.5. The van der Waals surface area contributed by atoms with Gasteiger partial charge in [-0.05, 0) is 57.0 Å². The molecule has 1 fully saturated rings. The Morgan fingerprint density at radius 3 is 2.50 bits per heavy atom. The molecule has 11 heteroatoms. The summed E-state index contributed by atoms with van der Waals surface area (Å²) in [6, 6.07) is 17.7. The molecule has 1 amide bonds. The fourth-order valence-electron chi connectivity index (χ4n) is 4.54. The predicted molar refractivity (Wildman–Crippen MR) is 149 cm³/mol. The lowest BCUT2D eigenvalue weighted by Gasteiger charge is -2.30. The average Bonchev–Trinajstić information content (AvgIpc) is 3.40. The van der Waals surface area contributed by atoms with E-state index in [1.54, 1.807) is 42.9 Å². The molecular formula is C29H31N5O5S. The molecule has 1 aromatic heterocycles. The lowest BCUT2D eigenvalue weighted by molar-refractivity contribution is -0.149. The van der Waals surface area contributed by atoms with Crippen LogP contribution in [0.3, 0.4) is 0 Å². The van der Waals surface area contributed by atoms with Crippen LogP contribution in [0.1, 0.15) is 32.3 Å². The molecule has 2 aromatic carbocycles. The molecule has 0 atom stereocenters. The number of likely N-dealkylation sites (N-methyl/N-ethyl adjacent to an activating group) is 1. The Balaban J connectivity index is 1.70. The van der Waals surface area contributed by atoms with Crippen molar-refractivity contribution in [3.05, 3.63) is 71.9 Å². The monoisotopic (exact) mass is 561 g/mol. The van der Waals surface area contributed by atoms with Gasteiger partial charge in [-0.3, -0.25) is 9.59 Å². The molecule has 0 aliphatic carbocycles. The third kappa shape index (κ3) is 6.30. The van der Waals surface area contributed by atoms with Crippen LogP contribution in [0.5, 0.6) is 0 Å². The zero-order chi connectivity index (χ0) is 28.7.